The lowest BCUT2D eigenvalue weighted by molar-refractivity contribution is -0.0836. The summed E-state index contributed by atoms with van der Waals surface area (Å²) in [5, 5.41) is 12.5. The van der Waals surface area contributed by atoms with E-state index in [9.17, 15) is 5.11 Å². The molecule has 2 aliphatic heterocycles. The summed E-state index contributed by atoms with van der Waals surface area (Å²) in [6.07, 6.45) is 4.13. The highest BCUT2D eigenvalue weighted by Gasteiger charge is 2.33. The minimum absolute atomic E-state index is 0.0844. The van der Waals surface area contributed by atoms with Gasteiger partial charge >= 0.3 is 0 Å². The fourth-order valence-electron chi connectivity index (χ4n) is 3.37. The van der Waals surface area contributed by atoms with Crippen LogP contribution in [0.5, 0.6) is 0 Å². The van der Waals surface area contributed by atoms with Crippen LogP contribution in [0, 0.1) is 0 Å². The SMILES string of the molecule is CCC1CN(C(=NCC2(OC)CCOCC2)NCCO)CC(CC)O1. The predicted molar refractivity (Wildman–Crippen MR) is 98.0 cm³/mol. The van der Waals surface area contributed by atoms with Gasteiger partial charge < -0.3 is 29.5 Å². The zero-order valence-electron chi connectivity index (χ0n) is 16.0. The summed E-state index contributed by atoms with van der Waals surface area (Å²) in [6.45, 7) is 8.58. The summed E-state index contributed by atoms with van der Waals surface area (Å²) in [5.74, 6) is 0.845. The average Bonchev–Trinajstić information content (AvgIpc) is 2.68. The van der Waals surface area contributed by atoms with Crippen LogP contribution in [-0.4, -0.2) is 86.9 Å². The second kappa shape index (κ2) is 10.3. The molecule has 0 bridgehead atoms. The quantitative estimate of drug-likeness (QED) is 0.523. The van der Waals surface area contributed by atoms with Crippen molar-refractivity contribution in [3.8, 4) is 0 Å². The van der Waals surface area contributed by atoms with Crippen molar-refractivity contribution in [1.29, 1.82) is 0 Å². The molecule has 2 unspecified atom stereocenters. The van der Waals surface area contributed by atoms with Gasteiger partial charge in [-0.3, -0.25) is 4.99 Å². The standard InChI is InChI=1S/C18H35N3O4/c1-4-15-12-21(13-16(5-2)25-15)17(19-8-9-22)20-14-18(23-3)6-10-24-11-7-18/h15-16,22H,4-14H2,1-3H3,(H,19,20). The van der Waals surface area contributed by atoms with Crippen LogP contribution in [0.15, 0.2) is 4.99 Å². The molecule has 0 amide bonds. The number of aliphatic imine (C=N–C) groups is 1. The summed E-state index contributed by atoms with van der Waals surface area (Å²) < 4.78 is 17.4. The number of morpholine rings is 1. The van der Waals surface area contributed by atoms with Crippen molar-refractivity contribution in [3.63, 3.8) is 0 Å². The summed E-state index contributed by atoms with van der Waals surface area (Å²) >= 11 is 0. The molecule has 0 radical (unpaired) electrons. The van der Waals surface area contributed by atoms with Crippen LogP contribution in [0.1, 0.15) is 39.5 Å². The minimum atomic E-state index is -0.245. The van der Waals surface area contributed by atoms with Crippen LogP contribution in [0.3, 0.4) is 0 Å². The molecule has 2 rings (SSSR count). The van der Waals surface area contributed by atoms with Crippen molar-refractivity contribution in [2.45, 2.75) is 57.3 Å². The lowest BCUT2D eigenvalue weighted by Gasteiger charge is -2.40. The fraction of sp³-hybridized carbons (Fsp3) is 0.944. The van der Waals surface area contributed by atoms with Crippen molar-refractivity contribution < 1.29 is 19.3 Å². The zero-order chi connectivity index (χ0) is 18.1. The number of aliphatic hydroxyl groups excluding tert-OH is 1. The first-order chi connectivity index (χ1) is 12.2. The van der Waals surface area contributed by atoms with Gasteiger partial charge in [-0.15, -0.1) is 0 Å². The first-order valence-corrected chi connectivity index (χ1v) is 9.58. The van der Waals surface area contributed by atoms with Crippen LogP contribution in [0.25, 0.3) is 0 Å². The summed E-state index contributed by atoms with van der Waals surface area (Å²) in [5.41, 5.74) is -0.245. The Morgan fingerprint density at radius 2 is 1.88 bits per heavy atom. The Balaban J connectivity index is 2.10. The number of rotatable bonds is 7. The molecule has 0 spiro atoms. The van der Waals surface area contributed by atoms with Crippen LogP contribution in [0.4, 0.5) is 0 Å². The van der Waals surface area contributed by atoms with Gasteiger partial charge in [-0.05, 0) is 12.8 Å². The topological polar surface area (TPSA) is 75.6 Å². The Hall–Kier alpha value is -0.890. The fourth-order valence-corrected chi connectivity index (χ4v) is 3.37. The van der Waals surface area contributed by atoms with Crippen molar-refractivity contribution in [2.75, 3.05) is 53.1 Å². The number of nitrogens with one attached hydrogen (secondary N) is 1. The van der Waals surface area contributed by atoms with E-state index in [1.54, 1.807) is 7.11 Å². The van der Waals surface area contributed by atoms with Gasteiger partial charge in [0, 0.05) is 52.8 Å². The number of aliphatic hydroxyl groups is 1. The van der Waals surface area contributed by atoms with Gasteiger partial charge in [0.2, 0.25) is 0 Å². The maximum atomic E-state index is 9.22. The van der Waals surface area contributed by atoms with Crippen molar-refractivity contribution >= 4 is 5.96 Å². The molecule has 0 aromatic rings. The zero-order valence-corrected chi connectivity index (χ0v) is 16.0. The molecule has 2 atom stereocenters. The van der Waals surface area contributed by atoms with Gasteiger partial charge in [0.15, 0.2) is 5.96 Å². The van der Waals surface area contributed by atoms with E-state index < -0.39 is 0 Å². The Labute approximate surface area is 151 Å². The van der Waals surface area contributed by atoms with Gasteiger partial charge in [-0.2, -0.15) is 0 Å². The van der Waals surface area contributed by atoms with Crippen molar-refractivity contribution in [2.24, 2.45) is 4.99 Å². The number of ether oxygens (including phenoxy) is 3. The molecule has 2 saturated heterocycles. The molecule has 7 nitrogen and oxygen atoms in total. The molecule has 2 aliphatic rings. The molecule has 146 valence electrons. The van der Waals surface area contributed by atoms with Crippen LogP contribution < -0.4 is 5.32 Å². The molecular formula is C18H35N3O4. The maximum absolute atomic E-state index is 9.22. The van der Waals surface area contributed by atoms with E-state index in [2.05, 4.69) is 24.1 Å². The lowest BCUT2D eigenvalue weighted by atomic mass is 9.94. The molecule has 0 aromatic heterocycles. The second-order valence-corrected chi connectivity index (χ2v) is 6.89. The lowest BCUT2D eigenvalue weighted by Crippen LogP contribution is -2.54. The third-order valence-electron chi connectivity index (χ3n) is 5.19. The van der Waals surface area contributed by atoms with Gasteiger partial charge in [0.1, 0.15) is 0 Å². The van der Waals surface area contributed by atoms with Gasteiger partial charge in [0.25, 0.3) is 0 Å². The summed E-state index contributed by atoms with van der Waals surface area (Å²) in [7, 11) is 1.76. The Morgan fingerprint density at radius 1 is 1.24 bits per heavy atom. The number of guanidine groups is 1. The van der Waals surface area contributed by atoms with Gasteiger partial charge in [0.05, 0.1) is 31.0 Å². The highest BCUT2D eigenvalue weighted by molar-refractivity contribution is 5.80. The first kappa shape index (κ1) is 20.4. The van der Waals surface area contributed by atoms with E-state index in [0.717, 1.165) is 57.9 Å². The summed E-state index contributed by atoms with van der Waals surface area (Å²) in [4.78, 5) is 7.14. The molecule has 2 heterocycles. The Morgan fingerprint density at radius 3 is 2.40 bits per heavy atom. The normalized spacial score (nSPS) is 27.4. The molecule has 0 saturated carbocycles. The number of hydrogen-bond donors (Lipinski definition) is 2. The van der Waals surface area contributed by atoms with E-state index >= 15 is 0 Å². The molecule has 25 heavy (non-hydrogen) atoms. The van der Waals surface area contributed by atoms with Crippen LogP contribution >= 0.6 is 0 Å². The van der Waals surface area contributed by atoms with E-state index in [-0.39, 0.29) is 24.4 Å². The monoisotopic (exact) mass is 357 g/mol. The van der Waals surface area contributed by atoms with E-state index in [1.165, 1.54) is 0 Å². The number of methoxy groups -OCH3 is 1. The Kier molecular flexibility index (Phi) is 8.42. The minimum Gasteiger partial charge on any atom is -0.395 e. The highest BCUT2D eigenvalue weighted by atomic mass is 16.5. The molecular weight excluding hydrogens is 322 g/mol. The largest absolute Gasteiger partial charge is 0.395 e. The number of nitrogens with zero attached hydrogens (tertiary/aromatic N) is 2. The molecule has 2 fully saturated rings. The molecule has 0 aliphatic carbocycles. The van der Waals surface area contributed by atoms with E-state index in [1.807, 2.05) is 0 Å². The smallest absolute Gasteiger partial charge is 0.194 e. The third-order valence-corrected chi connectivity index (χ3v) is 5.19. The average molecular weight is 357 g/mol. The molecule has 2 N–H and O–H groups in total. The molecule has 0 aromatic carbocycles. The Bertz CT molecular complexity index is 401. The number of hydrogen-bond acceptors (Lipinski definition) is 5. The first-order valence-electron chi connectivity index (χ1n) is 9.58. The predicted octanol–water partition coefficient (Wildman–Crippen LogP) is 1.01. The van der Waals surface area contributed by atoms with Crippen molar-refractivity contribution in [1.82, 2.24) is 10.2 Å². The van der Waals surface area contributed by atoms with Gasteiger partial charge in [-0.1, -0.05) is 13.8 Å². The van der Waals surface area contributed by atoms with E-state index in [4.69, 9.17) is 19.2 Å². The maximum Gasteiger partial charge on any atom is 0.194 e. The van der Waals surface area contributed by atoms with Gasteiger partial charge in [-0.25, -0.2) is 0 Å². The second-order valence-electron chi connectivity index (χ2n) is 6.89. The van der Waals surface area contributed by atoms with Crippen molar-refractivity contribution in [3.05, 3.63) is 0 Å². The third kappa shape index (κ3) is 5.81. The highest BCUT2D eigenvalue weighted by Crippen LogP contribution is 2.25. The van der Waals surface area contributed by atoms with E-state index in [0.29, 0.717) is 13.1 Å². The summed E-state index contributed by atoms with van der Waals surface area (Å²) in [6, 6.07) is 0. The molecule has 7 heteroatoms. The van der Waals surface area contributed by atoms with Crippen LogP contribution in [0.2, 0.25) is 0 Å². The van der Waals surface area contributed by atoms with Crippen LogP contribution in [-0.2, 0) is 14.2 Å².